The van der Waals surface area contributed by atoms with Gasteiger partial charge >= 0.3 is 0 Å². The minimum Gasteiger partial charge on any atom is -0.197 e. The number of benzene rings is 1. The van der Waals surface area contributed by atoms with Crippen LogP contribution in [0, 0.1) is 29.6 Å². The summed E-state index contributed by atoms with van der Waals surface area (Å²) in [5.41, 5.74) is 1.32. The third-order valence-corrected chi connectivity index (χ3v) is 0.990. The van der Waals surface area contributed by atoms with Crippen LogP contribution in [-0.2, 0) is 0 Å². The quantitative estimate of drug-likeness (QED) is 0.611. The van der Waals surface area contributed by atoms with E-state index in [2.05, 4.69) is 19.1 Å². The zero-order valence-electron chi connectivity index (χ0n) is 6.78. The molecule has 3 heteroatoms. The van der Waals surface area contributed by atoms with Gasteiger partial charge in [0.25, 0.3) is 0 Å². The first kappa shape index (κ1) is 13.2. The number of aryl methyl sites for hydroxylation is 1. The fourth-order valence-corrected chi connectivity index (χ4v) is 0.534. The van der Waals surface area contributed by atoms with Gasteiger partial charge in [0.2, 0.25) is 0 Å². The lowest BCUT2D eigenvalue weighted by atomic mass is 10.2. The zero-order valence-corrected chi connectivity index (χ0v) is 7.78. The summed E-state index contributed by atoms with van der Waals surface area (Å²) in [6.45, 7) is 2.08. The normalized spacial score (nSPS) is 5.92. The molecule has 12 heavy (non-hydrogen) atoms. The van der Waals surface area contributed by atoms with Crippen LogP contribution in [0.25, 0.3) is 0 Å². The fourth-order valence-electron chi connectivity index (χ4n) is 0.534. The van der Waals surface area contributed by atoms with Crippen LogP contribution in [0.3, 0.4) is 0 Å². The van der Waals surface area contributed by atoms with Gasteiger partial charge in [0.1, 0.15) is 0 Å². The van der Waals surface area contributed by atoms with E-state index < -0.39 is 0 Å². The van der Waals surface area contributed by atoms with Crippen LogP contribution in [-0.4, -0.2) is 0 Å². The lowest BCUT2D eigenvalue weighted by Crippen LogP contribution is -1.62. The van der Waals surface area contributed by atoms with Crippen LogP contribution in [0.4, 0.5) is 0 Å². The SMILES string of the molecule is Cc1ccccc1.N#CC#N.S. The van der Waals surface area contributed by atoms with Crippen LogP contribution in [0.2, 0.25) is 0 Å². The molecule has 0 N–H and O–H groups in total. The minimum atomic E-state index is 0. The Morgan fingerprint density at radius 2 is 1.42 bits per heavy atom. The molecule has 0 saturated heterocycles. The van der Waals surface area contributed by atoms with Gasteiger partial charge in [-0.15, -0.1) is 0 Å². The zero-order chi connectivity index (χ0) is 8.53. The van der Waals surface area contributed by atoms with Crippen molar-refractivity contribution in [1.82, 2.24) is 0 Å². The molecule has 0 radical (unpaired) electrons. The monoisotopic (exact) mass is 178 g/mol. The Balaban J connectivity index is 0. The largest absolute Gasteiger partial charge is 0.197 e. The predicted octanol–water partition coefficient (Wildman–Crippen LogP) is 2.14. The highest BCUT2D eigenvalue weighted by molar-refractivity contribution is 7.59. The molecule has 0 spiro atoms. The van der Waals surface area contributed by atoms with Gasteiger partial charge in [-0.25, -0.2) is 0 Å². The molecule has 0 atom stereocenters. The molecular formula is C9H10N2S. The molecule has 2 nitrogen and oxygen atoms in total. The van der Waals surface area contributed by atoms with E-state index in [4.69, 9.17) is 10.5 Å². The first-order valence-corrected chi connectivity index (χ1v) is 3.11. The summed E-state index contributed by atoms with van der Waals surface area (Å²) < 4.78 is 0. The van der Waals surface area contributed by atoms with Gasteiger partial charge in [-0.2, -0.15) is 24.0 Å². The Bertz CT molecular complexity index is 257. The number of nitrogens with zero attached hydrogens (tertiary/aromatic N) is 2. The Kier molecular flexibility index (Phi) is 10.5. The molecule has 0 aliphatic heterocycles. The summed E-state index contributed by atoms with van der Waals surface area (Å²) in [6, 6.07) is 12.7. The summed E-state index contributed by atoms with van der Waals surface area (Å²) in [6.07, 6.45) is 0. The van der Waals surface area contributed by atoms with E-state index in [1.807, 2.05) is 18.2 Å². The average Bonchev–Trinajstić information content (AvgIpc) is 2.07. The van der Waals surface area contributed by atoms with E-state index in [0.29, 0.717) is 0 Å². The van der Waals surface area contributed by atoms with Crippen molar-refractivity contribution in [3.05, 3.63) is 35.9 Å². The van der Waals surface area contributed by atoms with Crippen LogP contribution < -0.4 is 0 Å². The highest BCUT2D eigenvalue weighted by Gasteiger charge is 1.72. The molecule has 0 aliphatic carbocycles. The van der Waals surface area contributed by atoms with Gasteiger partial charge in [0.05, 0.1) is 0 Å². The number of nitriles is 2. The maximum atomic E-state index is 7.26. The van der Waals surface area contributed by atoms with Crippen molar-refractivity contribution in [3.8, 4) is 12.1 Å². The molecule has 0 aromatic heterocycles. The molecule has 0 fully saturated rings. The van der Waals surface area contributed by atoms with Crippen molar-refractivity contribution in [3.63, 3.8) is 0 Å². The van der Waals surface area contributed by atoms with Gasteiger partial charge in [0, 0.05) is 0 Å². The third-order valence-electron chi connectivity index (χ3n) is 0.990. The van der Waals surface area contributed by atoms with Gasteiger partial charge in [-0.1, -0.05) is 35.9 Å². The van der Waals surface area contributed by atoms with E-state index in [-0.39, 0.29) is 13.5 Å². The first-order chi connectivity index (χ1) is 5.31. The van der Waals surface area contributed by atoms with Crippen molar-refractivity contribution in [1.29, 1.82) is 10.5 Å². The topological polar surface area (TPSA) is 47.6 Å². The second-order valence-electron chi connectivity index (χ2n) is 1.88. The van der Waals surface area contributed by atoms with Crippen molar-refractivity contribution >= 4 is 13.5 Å². The van der Waals surface area contributed by atoms with Gasteiger partial charge in [-0.05, 0) is 6.92 Å². The summed E-state index contributed by atoms with van der Waals surface area (Å²) in [5.74, 6) is 0. The second-order valence-corrected chi connectivity index (χ2v) is 1.88. The molecule has 0 unspecified atom stereocenters. The molecule has 62 valence electrons. The summed E-state index contributed by atoms with van der Waals surface area (Å²) in [5, 5.41) is 14.5. The molecule has 1 rings (SSSR count). The molecule has 0 heterocycles. The Hall–Kier alpha value is -1.45. The number of rotatable bonds is 0. The maximum absolute atomic E-state index is 7.26. The van der Waals surface area contributed by atoms with E-state index >= 15 is 0 Å². The van der Waals surface area contributed by atoms with E-state index in [9.17, 15) is 0 Å². The van der Waals surface area contributed by atoms with E-state index in [0.717, 1.165) is 0 Å². The van der Waals surface area contributed by atoms with Crippen molar-refractivity contribution in [2.24, 2.45) is 0 Å². The second kappa shape index (κ2) is 9.55. The summed E-state index contributed by atoms with van der Waals surface area (Å²) in [7, 11) is 0. The lowest BCUT2D eigenvalue weighted by Gasteiger charge is -1.82. The van der Waals surface area contributed by atoms with E-state index in [1.54, 1.807) is 0 Å². The van der Waals surface area contributed by atoms with Crippen LogP contribution in [0.15, 0.2) is 30.3 Å². The average molecular weight is 178 g/mol. The van der Waals surface area contributed by atoms with Gasteiger partial charge in [-0.3, -0.25) is 0 Å². The predicted molar refractivity (Wildman–Crippen MR) is 52.8 cm³/mol. The van der Waals surface area contributed by atoms with Crippen molar-refractivity contribution < 1.29 is 0 Å². The van der Waals surface area contributed by atoms with Crippen molar-refractivity contribution in [2.75, 3.05) is 0 Å². The molecule has 1 aromatic carbocycles. The van der Waals surface area contributed by atoms with Crippen LogP contribution >= 0.6 is 13.5 Å². The third kappa shape index (κ3) is 8.55. The molecule has 1 aromatic rings. The molecule has 0 amide bonds. The molecular weight excluding hydrogens is 168 g/mol. The van der Waals surface area contributed by atoms with Crippen LogP contribution in [0.1, 0.15) is 5.56 Å². The van der Waals surface area contributed by atoms with Crippen LogP contribution in [0.5, 0.6) is 0 Å². The van der Waals surface area contributed by atoms with Crippen molar-refractivity contribution in [2.45, 2.75) is 6.92 Å². The van der Waals surface area contributed by atoms with Gasteiger partial charge in [0.15, 0.2) is 12.1 Å². The minimum absolute atomic E-state index is 0. The van der Waals surface area contributed by atoms with Gasteiger partial charge < -0.3 is 0 Å². The molecule has 0 bridgehead atoms. The highest BCUT2D eigenvalue weighted by Crippen LogP contribution is 1.92. The number of hydrogen-bond acceptors (Lipinski definition) is 2. The smallest absolute Gasteiger partial charge is 0.181 e. The molecule has 0 saturated carbocycles. The highest BCUT2D eigenvalue weighted by atomic mass is 32.1. The molecule has 0 aliphatic rings. The Labute approximate surface area is 79.5 Å². The lowest BCUT2D eigenvalue weighted by molar-refractivity contribution is 1.48. The Morgan fingerprint density at radius 3 is 1.58 bits per heavy atom. The number of hydrogen-bond donors (Lipinski definition) is 0. The Morgan fingerprint density at radius 1 is 1.00 bits per heavy atom. The first-order valence-electron chi connectivity index (χ1n) is 3.11. The summed E-state index contributed by atoms with van der Waals surface area (Å²) in [4.78, 5) is 0. The summed E-state index contributed by atoms with van der Waals surface area (Å²) >= 11 is 0. The fraction of sp³-hybridized carbons (Fsp3) is 0.111. The van der Waals surface area contributed by atoms with E-state index in [1.165, 1.54) is 17.7 Å². The maximum Gasteiger partial charge on any atom is 0.181 e. The standard InChI is InChI=1S/C7H8.C2N2.H2S/c1-7-5-3-2-4-6-7;3-1-2-4;/h2-6H,1H3;;1H2.